The van der Waals surface area contributed by atoms with Gasteiger partial charge < -0.3 is 15.7 Å². The molecule has 1 heterocycles. The second-order valence-electron chi connectivity index (χ2n) is 4.49. The number of carbonyl (C=O) groups excluding carboxylic acids is 2. The molecule has 19 heavy (non-hydrogen) atoms. The van der Waals surface area contributed by atoms with Gasteiger partial charge in [0.25, 0.3) is 5.91 Å². The number of hydrogen-bond acceptors (Lipinski definition) is 5. The van der Waals surface area contributed by atoms with Gasteiger partial charge in [-0.05, 0) is 13.8 Å². The average Bonchev–Trinajstić information content (AvgIpc) is 2.84. The average molecular weight is 285 g/mol. The van der Waals surface area contributed by atoms with Crippen LogP contribution in [0.2, 0.25) is 0 Å². The maximum atomic E-state index is 11.8. The number of aromatic nitrogens is 1. The summed E-state index contributed by atoms with van der Waals surface area (Å²) in [6, 6.07) is 0. The molecule has 0 unspecified atom stereocenters. The zero-order chi connectivity index (χ0) is 14.6. The Labute approximate surface area is 114 Å². The minimum absolute atomic E-state index is 0.0603. The molecule has 0 bridgehead atoms. The highest BCUT2D eigenvalue weighted by Crippen LogP contribution is 2.14. The molecule has 0 spiro atoms. The van der Waals surface area contributed by atoms with Gasteiger partial charge in [0.05, 0.1) is 5.41 Å². The fraction of sp³-hybridized carbons (Fsp3) is 0.455. The van der Waals surface area contributed by atoms with E-state index in [4.69, 9.17) is 5.11 Å². The van der Waals surface area contributed by atoms with Crippen LogP contribution in [0.4, 0.5) is 0 Å². The van der Waals surface area contributed by atoms with Gasteiger partial charge >= 0.3 is 5.97 Å². The van der Waals surface area contributed by atoms with E-state index in [1.54, 1.807) is 13.8 Å². The highest BCUT2D eigenvalue weighted by molar-refractivity contribution is 7.11. The molecule has 1 aromatic heterocycles. The second kappa shape index (κ2) is 5.79. The Hall–Kier alpha value is -1.96. The van der Waals surface area contributed by atoms with E-state index in [-0.39, 0.29) is 23.2 Å². The maximum absolute atomic E-state index is 11.8. The van der Waals surface area contributed by atoms with Crippen LogP contribution in [-0.4, -0.2) is 41.5 Å². The molecule has 0 aliphatic rings. The van der Waals surface area contributed by atoms with Gasteiger partial charge in [-0.15, -0.1) is 11.3 Å². The van der Waals surface area contributed by atoms with E-state index in [0.717, 1.165) is 11.3 Å². The van der Waals surface area contributed by atoms with E-state index in [1.165, 1.54) is 12.4 Å². The molecule has 0 saturated heterocycles. The Morgan fingerprint density at radius 1 is 1.42 bits per heavy atom. The molecule has 0 atom stereocenters. The normalized spacial score (nSPS) is 10.9. The van der Waals surface area contributed by atoms with Crippen LogP contribution in [0.3, 0.4) is 0 Å². The van der Waals surface area contributed by atoms with E-state index in [9.17, 15) is 14.4 Å². The Bertz CT molecular complexity index is 510. The number of nitrogens with one attached hydrogen (secondary N) is 2. The van der Waals surface area contributed by atoms with Crippen molar-refractivity contribution in [3.05, 3.63) is 16.1 Å². The van der Waals surface area contributed by atoms with Crippen molar-refractivity contribution in [1.82, 2.24) is 15.6 Å². The topological polar surface area (TPSA) is 108 Å². The van der Waals surface area contributed by atoms with Crippen molar-refractivity contribution in [2.75, 3.05) is 13.6 Å². The van der Waals surface area contributed by atoms with Crippen molar-refractivity contribution in [2.24, 2.45) is 5.41 Å². The van der Waals surface area contributed by atoms with E-state index in [1.807, 2.05) is 0 Å². The summed E-state index contributed by atoms with van der Waals surface area (Å²) >= 11 is 0.946. The lowest BCUT2D eigenvalue weighted by Gasteiger charge is -2.22. The number of amides is 2. The predicted octanol–water partition coefficient (Wildman–Crippen LogP) is 0.343. The third-order valence-corrected chi connectivity index (χ3v) is 3.29. The standard InChI is InChI=1S/C11H15N3O4S/c1-11(2,10(18)12-3)5-13-7(15)8-14-6(4-19-8)9(16)17/h4H,5H2,1-3H3,(H,12,18)(H,13,15)(H,16,17). The Kier molecular flexibility index (Phi) is 4.60. The second-order valence-corrected chi connectivity index (χ2v) is 5.35. The van der Waals surface area contributed by atoms with E-state index in [2.05, 4.69) is 15.6 Å². The van der Waals surface area contributed by atoms with Gasteiger partial charge in [0.2, 0.25) is 5.91 Å². The number of hydrogen-bond donors (Lipinski definition) is 3. The molecule has 0 saturated carbocycles. The molecular formula is C11H15N3O4S. The zero-order valence-electron chi connectivity index (χ0n) is 10.8. The van der Waals surface area contributed by atoms with Crippen LogP contribution in [-0.2, 0) is 4.79 Å². The summed E-state index contributed by atoms with van der Waals surface area (Å²) in [5, 5.41) is 15.1. The van der Waals surface area contributed by atoms with Crippen LogP contribution in [0, 0.1) is 5.41 Å². The summed E-state index contributed by atoms with van der Waals surface area (Å²) in [6.07, 6.45) is 0. The first-order valence-electron chi connectivity index (χ1n) is 5.47. The first-order valence-corrected chi connectivity index (χ1v) is 6.35. The number of carbonyl (C=O) groups is 3. The van der Waals surface area contributed by atoms with Crippen molar-refractivity contribution in [1.29, 1.82) is 0 Å². The van der Waals surface area contributed by atoms with Gasteiger partial charge in [-0.1, -0.05) is 0 Å². The largest absolute Gasteiger partial charge is 0.476 e. The van der Waals surface area contributed by atoms with E-state index < -0.39 is 17.3 Å². The first kappa shape index (κ1) is 15.1. The summed E-state index contributed by atoms with van der Waals surface area (Å²) in [6.45, 7) is 3.51. The summed E-state index contributed by atoms with van der Waals surface area (Å²) in [7, 11) is 1.52. The number of aromatic carboxylic acids is 1. The lowest BCUT2D eigenvalue weighted by molar-refractivity contribution is -0.128. The maximum Gasteiger partial charge on any atom is 0.355 e. The number of carboxylic acid groups (broad SMARTS) is 1. The number of thiazole rings is 1. The third kappa shape index (κ3) is 3.75. The molecule has 0 radical (unpaired) electrons. The van der Waals surface area contributed by atoms with Gasteiger partial charge in [0.15, 0.2) is 10.7 Å². The van der Waals surface area contributed by atoms with Crippen LogP contribution >= 0.6 is 11.3 Å². The molecule has 7 nitrogen and oxygen atoms in total. The SMILES string of the molecule is CNC(=O)C(C)(C)CNC(=O)c1nc(C(=O)O)cs1. The monoisotopic (exact) mass is 285 g/mol. The minimum atomic E-state index is -1.18. The molecule has 0 aromatic carbocycles. The zero-order valence-corrected chi connectivity index (χ0v) is 11.6. The van der Waals surface area contributed by atoms with Crippen molar-refractivity contribution in [2.45, 2.75) is 13.8 Å². The molecular weight excluding hydrogens is 270 g/mol. The van der Waals surface area contributed by atoms with Crippen LogP contribution in [0.1, 0.15) is 34.1 Å². The first-order chi connectivity index (χ1) is 8.77. The molecule has 0 aliphatic heterocycles. The van der Waals surface area contributed by atoms with Gasteiger partial charge in [-0.3, -0.25) is 9.59 Å². The van der Waals surface area contributed by atoms with Gasteiger partial charge in [-0.25, -0.2) is 9.78 Å². The lowest BCUT2D eigenvalue weighted by Crippen LogP contribution is -2.43. The smallest absolute Gasteiger partial charge is 0.355 e. The Morgan fingerprint density at radius 2 is 2.05 bits per heavy atom. The van der Waals surface area contributed by atoms with Gasteiger partial charge in [0.1, 0.15) is 0 Å². The van der Waals surface area contributed by atoms with Crippen molar-refractivity contribution in [3.8, 4) is 0 Å². The van der Waals surface area contributed by atoms with E-state index >= 15 is 0 Å². The third-order valence-electron chi connectivity index (χ3n) is 2.45. The minimum Gasteiger partial charge on any atom is -0.476 e. The van der Waals surface area contributed by atoms with Crippen LogP contribution in [0.25, 0.3) is 0 Å². The van der Waals surface area contributed by atoms with Crippen LogP contribution in [0.5, 0.6) is 0 Å². The van der Waals surface area contributed by atoms with Crippen LogP contribution < -0.4 is 10.6 Å². The van der Waals surface area contributed by atoms with Gasteiger partial charge in [0, 0.05) is 19.0 Å². The van der Waals surface area contributed by atoms with Crippen molar-refractivity contribution < 1.29 is 19.5 Å². The number of rotatable bonds is 5. The Balaban J connectivity index is 2.65. The molecule has 104 valence electrons. The fourth-order valence-corrected chi connectivity index (χ4v) is 1.98. The summed E-state index contributed by atoms with van der Waals surface area (Å²) in [5.41, 5.74) is -0.919. The Morgan fingerprint density at radius 3 is 2.53 bits per heavy atom. The van der Waals surface area contributed by atoms with E-state index in [0.29, 0.717) is 0 Å². The molecule has 3 N–H and O–H groups in total. The quantitative estimate of drug-likeness (QED) is 0.723. The van der Waals surface area contributed by atoms with Crippen molar-refractivity contribution in [3.63, 3.8) is 0 Å². The molecule has 2 amide bonds. The predicted molar refractivity (Wildman–Crippen MR) is 69.3 cm³/mol. The van der Waals surface area contributed by atoms with Crippen molar-refractivity contribution >= 4 is 29.1 Å². The fourth-order valence-electron chi connectivity index (χ4n) is 1.27. The number of nitrogens with zero attached hydrogens (tertiary/aromatic N) is 1. The molecule has 1 aromatic rings. The highest BCUT2D eigenvalue weighted by atomic mass is 32.1. The summed E-state index contributed by atoms with van der Waals surface area (Å²) in [5.74, 6) is -1.87. The molecule has 8 heteroatoms. The molecule has 1 rings (SSSR count). The summed E-state index contributed by atoms with van der Waals surface area (Å²) < 4.78 is 0. The lowest BCUT2D eigenvalue weighted by atomic mass is 9.92. The number of carboxylic acids is 1. The highest BCUT2D eigenvalue weighted by Gasteiger charge is 2.27. The van der Waals surface area contributed by atoms with Crippen LogP contribution in [0.15, 0.2) is 5.38 Å². The molecule has 0 aliphatic carbocycles. The summed E-state index contributed by atoms with van der Waals surface area (Å²) in [4.78, 5) is 37.6. The van der Waals surface area contributed by atoms with Gasteiger partial charge in [-0.2, -0.15) is 0 Å². The molecule has 0 fully saturated rings.